The summed E-state index contributed by atoms with van der Waals surface area (Å²) in [7, 11) is 0. The number of thiazole rings is 1. The van der Waals surface area contributed by atoms with Gasteiger partial charge in [0.1, 0.15) is 12.4 Å². The molecule has 1 aromatic carbocycles. The number of benzene rings is 1. The second-order valence-corrected chi connectivity index (χ2v) is 5.83. The summed E-state index contributed by atoms with van der Waals surface area (Å²) in [6, 6.07) is 4.74. The second kappa shape index (κ2) is 8.37. The van der Waals surface area contributed by atoms with E-state index in [0.717, 1.165) is 11.3 Å². The monoisotopic (exact) mass is 352 g/mol. The number of aromatic nitrogens is 1. The van der Waals surface area contributed by atoms with Gasteiger partial charge in [-0.25, -0.2) is 20.0 Å². The Morgan fingerprint density at radius 2 is 2.17 bits per heavy atom. The topological polar surface area (TPSA) is 106 Å². The third kappa shape index (κ3) is 5.28. The van der Waals surface area contributed by atoms with Crippen LogP contribution < -0.4 is 16.6 Å². The van der Waals surface area contributed by atoms with Crippen LogP contribution >= 0.6 is 11.3 Å². The van der Waals surface area contributed by atoms with Crippen molar-refractivity contribution in [2.75, 3.05) is 5.32 Å². The van der Waals surface area contributed by atoms with Gasteiger partial charge in [0.15, 0.2) is 5.13 Å². The summed E-state index contributed by atoms with van der Waals surface area (Å²) in [6.45, 7) is 1.23. The highest BCUT2D eigenvalue weighted by Gasteiger charge is 2.08. The molecule has 0 radical (unpaired) electrons. The van der Waals surface area contributed by atoms with E-state index in [1.807, 2.05) is 5.38 Å². The minimum atomic E-state index is -0.822. The van der Waals surface area contributed by atoms with Gasteiger partial charge in [0.25, 0.3) is 0 Å². The number of nitrogens with one attached hydrogen (secondary N) is 2. The van der Waals surface area contributed by atoms with Crippen molar-refractivity contribution >= 4 is 28.5 Å². The fraction of sp³-hybridized carbons (Fsp3) is 0.267. The molecule has 4 N–H and O–H groups in total. The van der Waals surface area contributed by atoms with E-state index >= 15 is 0 Å². The third-order valence-electron chi connectivity index (χ3n) is 3.10. The van der Waals surface area contributed by atoms with E-state index in [4.69, 9.17) is 10.6 Å². The van der Waals surface area contributed by atoms with E-state index in [2.05, 4.69) is 10.3 Å². The molecule has 1 heterocycles. The molecule has 2 amide bonds. The van der Waals surface area contributed by atoms with Crippen molar-refractivity contribution in [1.82, 2.24) is 10.4 Å². The number of hydrazine groups is 1. The summed E-state index contributed by atoms with van der Waals surface area (Å²) < 4.78 is 18.7. The van der Waals surface area contributed by atoms with Gasteiger partial charge in [0.2, 0.25) is 5.91 Å². The van der Waals surface area contributed by atoms with Crippen LogP contribution in [0.15, 0.2) is 23.6 Å². The number of carbonyl (C=O) groups excluding carboxylic acids is 2. The summed E-state index contributed by atoms with van der Waals surface area (Å²) in [4.78, 5) is 26.1. The molecule has 2 rings (SSSR count). The molecular weight excluding hydrogens is 335 g/mol. The molecule has 0 fully saturated rings. The highest BCUT2D eigenvalue weighted by atomic mass is 32.1. The summed E-state index contributed by atoms with van der Waals surface area (Å²) in [5, 5.41) is 5.03. The SMILES string of the molecule is CC(=O)Nc1nc(CCc2ccc(COC(=O)NN)c(F)c2)cs1. The molecular formula is C15H17FN4O3S. The van der Waals surface area contributed by atoms with Crippen LogP contribution in [0.5, 0.6) is 0 Å². The van der Waals surface area contributed by atoms with Crippen LogP contribution in [-0.4, -0.2) is 17.0 Å². The molecule has 0 saturated heterocycles. The number of carbonyl (C=O) groups is 2. The number of anilines is 1. The first-order valence-electron chi connectivity index (χ1n) is 7.10. The normalized spacial score (nSPS) is 10.3. The van der Waals surface area contributed by atoms with E-state index in [9.17, 15) is 14.0 Å². The van der Waals surface area contributed by atoms with Gasteiger partial charge >= 0.3 is 6.09 Å². The van der Waals surface area contributed by atoms with Gasteiger partial charge in [0, 0.05) is 17.9 Å². The van der Waals surface area contributed by atoms with Crippen LogP contribution in [0.3, 0.4) is 0 Å². The molecule has 1 aromatic heterocycles. The van der Waals surface area contributed by atoms with Crippen molar-refractivity contribution in [3.05, 3.63) is 46.2 Å². The average molecular weight is 352 g/mol. The average Bonchev–Trinajstić information content (AvgIpc) is 2.98. The van der Waals surface area contributed by atoms with Crippen molar-refractivity contribution in [3.8, 4) is 0 Å². The molecule has 0 aliphatic heterocycles. The maximum Gasteiger partial charge on any atom is 0.421 e. The number of nitrogens with two attached hydrogens (primary N) is 1. The maximum atomic E-state index is 14.0. The number of amides is 2. The van der Waals surface area contributed by atoms with E-state index in [0.29, 0.717) is 18.0 Å². The first-order chi connectivity index (χ1) is 11.5. The zero-order valence-electron chi connectivity index (χ0n) is 13.0. The fourth-order valence-corrected chi connectivity index (χ4v) is 2.74. The zero-order chi connectivity index (χ0) is 17.5. The Morgan fingerprint density at radius 1 is 1.38 bits per heavy atom. The summed E-state index contributed by atoms with van der Waals surface area (Å²) in [6.07, 6.45) is 0.405. The molecule has 0 unspecified atom stereocenters. The summed E-state index contributed by atoms with van der Waals surface area (Å²) in [5.74, 6) is 4.26. The second-order valence-electron chi connectivity index (χ2n) is 4.97. The first-order valence-corrected chi connectivity index (χ1v) is 7.98. The highest BCUT2D eigenvalue weighted by Crippen LogP contribution is 2.18. The third-order valence-corrected chi connectivity index (χ3v) is 3.91. The minimum Gasteiger partial charge on any atom is -0.444 e. The zero-order valence-corrected chi connectivity index (χ0v) is 13.8. The van der Waals surface area contributed by atoms with Crippen LogP contribution in [0, 0.1) is 5.82 Å². The molecule has 0 spiro atoms. The van der Waals surface area contributed by atoms with Crippen LogP contribution in [0.2, 0.25) is 0 Å². The quantitative estimate of drug-likeness (QED) is 0.419. The van der Waals surface area contributed by atoms with Crippen LogP contribution in [0.4, 0.5) is 14.3 Å². The predicted octanol–water partition coefficient (Wildman–Crippen LogP) is 2.13. The van der Waals surface area contributed by atoms with Crippen LogP contribution in [0.1, 0.15) is 23.7 Å². The standard InChI is InChI=1S/C15H17FN4O3S/c1-9(21)18-14-19-12(8-24-14)5-3-10-2-4-11(13(16)6-10)7-23-15(22)20-17/h2,4,6,8H,3,5,7,17H2,1H3,(H,20,22)(H,18,19,21). The molecule has 2 aromatic rings. The molecule has 24 heavy (non-hydrogen) atoms. The van der Waals surface area contributed by atoms with Crippen LogP contribution in [-0.2, 0) is 29.0 Å². The summed E-state index contributed by atoms with van der Waals surface area (Å²) in [5.41, 5.74) is 3.70. The molecule has 0 aliphatic rings. The van der Waals surface area contributed by atoms with E-state index < -0.39 is 11.9 Å². The molecule has 9 heteroatoms. The van der Waals surface area contributed by atoms with Gasteiger partial charge < -0.3 is 10.1 Å². The molecule has 0 aliphatic carbocycles. The Bertz CT molecular complexity index is 735. The molecule has 128 valence electrons. The predicted molar refractivity (Wildman–Crippen MR) is 87.7 cm³/mol. The van der Waals surface area contributed by atoms with Gasteiger partial charge in [-0.1, -0.05) is 12.1 Å². The van der Waals surface area contributed by atoms with E-state index in [-0.39, 0.29) is 18.1 Å². The Labute approximate surface area is 142 Å². The van der Waals surface area contributed by atoms with Crippen LogP contribution in [0.25, 0.3) is 0 Å². The smallest absolute Gasteiger partial charge is 0.421 e. The van der Waals surface area contributed by atoms with Gasteiger partial charge in [-0.2, -0.15) is 0 Å². The number of halogens is 1. The Hall–Kier alpha value is -2.52. The van der Waals surface area contributed by atoms with Gasteiger partial charge in [-0.15, -0.1) is 11.3 Å². The lowest BCUT2D eigenvalue weighted by molar-refractivity contribution is -0.114. The maximum absolute atomic E-state index is 14.0. The highest BCUT2D eigenvalue weighted by molar-refractivity contribution is 7.13. The largest absolute Gasteiger partial charge is 0.444 e. The van der Waals surface area contributed by atoms with Gasteiger partial charge in [0.05, 0.1) is 5.69 Å². The molecule has 0 bridgehead atoms. The Balaban J connectivity index is 1.91. The lowest BCUT2D eigenvalue weighted by Crippen LogP contribution is -2.30. The molecule has 0 atom stereocenters. The fourth-order valence-electron chi connectivity index (χ4n) is 1.95. The molecule has 7 nitrogen and oxygen atoms in total. The number of rotatable bonds is 6. The van der Waals surface area contributed by atoms with Crippen molar-refractivity contribution < 1.29 is 18.7 Å². The number of hydrogen-bond acceptors (Lipinski definition) is 6. The first kappa shape index (κ1) is 17.8. The van der Waals surface area contributed by atoms with E-state index in [1.54, 1.807) is 17.6 Å². The number of hydrogen-bond donors (Lipinski definition) is 3. The van der Waals surface area contributed by atoms with Gasteiger partial charge in [-0.3, -0.25) is 10.2 Å². The lowest BCUT2D eigenvalue weighted by Gasteiger charge is -2.07. The Morgan fingerprint density at radius 3 is 2.83 bits per heavy atom. The van der Waals surface area contributed by atoms with Crippen molar-refractivity contribution in [3.63, 3.8) is 0 Å². The van der Waals surface area contributed by atoms with Gasteiger partial charge in [-0.05, 0) is 24.5 Å². The number of aryl methyl sites for hydroxylation is 2. The van der Waals surface area contributed by atoms with Crippen molar-refractivity contribution in [1.29, 1.82) is 0 Å². The van der Waals surface area contributed by atoms with Crippen molar-refractivity contribution in [2.24, 2.45) is 5.84 Å². The van der Waals surface area contributed by atoms with Crippen molar-refractivity contribution in [2.45, 2.75) is 26.4 Å². The van der Waals surface area contributed by atoms with E-state index in [1.165, 1.54) is 24.3 Å². The molecule has 0 saturated carbocycles. The number of ether oxygens (including phenoxy) is 1. The lowest BCUT2D eigenvalue weighted by atomic mass is 10.1. The minimum absolute atomic E-state index is 0.168. The Kier molecular flexibility index (Phi) is 6.21. The summed E-state index contributed by atoms with van der Waals surface area (Å²) >= 11 is 1.35. The number of nitrogens with zero attached hydrogens (tertiary/aromatic N) is 1.